The first-order valence-corrected chi connectivity index (χ1v) is 8.18. The molecule has 1 N–H and O–H groups in total. The third-order valence-corrected chi connectivity index (χ3v) is 6.07. The molecule has 3 aliphatic rings. The van der Waals surface area contributed by atoms with Gasteiger partial charge >= 0.3 is 5.97 Å². The summed E-state index contributed by atoms with van der Waals surface area (Å²) in [7, 11) is 0. The van der Waals surface area contributed by atoms with Gasteiger partial charge in [0.1, 0.15) is 10.4 Å². The Bertz CT molecular complexity index is 463. The van der Waals surface area contributed by atoms with Gasteiger partial charge in [0.25, 0.3) is 0 Å². The van der Waals surface area contributed by atoms with Crippen LogP contribution < -0.4 is 5.32 Å². The molecule has 21 heavy (non-hydrogen) atoms. The number of hydrogen-bond acceptors (Lipinski definition) is 4. The second-order valence-electron chi connectivity index (χ2n) is 6.47. The van der Waals surface area contributed by atoms with Crippen molar-refractivity contribution < 1.29 is 14.3 Å². The monoisotopic (exact) mass is 334 g/mol. The van der Waals surface area contributed by atoms with Gasteiger partial charge in [-0.3, -0.25) is 14.5 Å². The lowest BCUT2D eigenvalue weighted by atomic mass is 10.0. The number of carbonyl (C=O) groups is 2. The number of likely N-dealkylation sites (tertiary alicyclic amines) is 1. The van der Waals surface area contributed by atoms with Gasteiger partial charge in [-0.1, -0.05) is 0 Å². The van der Waals surface area contributed by atoms with E-state index >= 15 is 0 Å². The average Bonchev–Trinajstić information content (AvgIpc) is 2.76. The molecule has 2 saturated heterocycles. The SMILES string of the molecule is C[C@@]1(C(=O)NC2CCN([C@@H]3CCOC3=O)CC2)CC1(Cl)Cl. The van der Waals surface area contributed by atoms with Crippen LogP contribution in [-0.4, -0.2) is 52.9 Å². The van der Waals surface area contributed by atoms with Crippen molar-refractivity contribution in [3.05, 3.63) is 0 Å². The number of amides is 1. The summed E-state index contributed by atoms with van der Waals surface area (Å²) in [5.74, 6) is -0.178. The average molecular weight is 335 g/mol. The van der Waals surface area contributed by atoms with Crippen LogP contribution in [-0.2, 0) is 14.3 Å². The highest BCUT2D eigenvalue weighted by Gasteiger charge is 2.68. The first kappa shape index (κ1) is 15.4. The lowest BCUT2D eigenvalue weighted by Crippen LogP contribution is -2.50. The fourth-order valence-electron chi connectivity index (χ4n) is 3.16. The van der Waals surface area contributed by atoms with Crippen LogP contribution in [0.5, 0.6) is 0 Å². The second kappa shape index (κ2) is 5.28. The highest BCUT2D eigenvalue weighted by atomic mass is 35.5. The van der Waals surface area contributed by atoms with E-state index in [9.17, 15) is 9.59 Å². The third-order valence-electron chi connectivity index (χ3n) is 4.97. The van der Waals surface area contributed by atoms with Crippen molar-refractivity contribution in [3.63, 3.8) is 0 Å². The van der Waals surface area contributed by atoms with E-state index in [-0.39, 0.29) is 24.0 Å². The Labute approximate surface area is 134 Å². The molecule has 118 valence electrons. The Morgan fingerprint density at radius 3 is 2.43 bits per heavy atom. The maximum absolute atomic E-state index is 12.2. The van der Waals surface area contributed by atoms with E-state index in [1.54, 1.807) is 6.92 Å². The van der Waals surface area contributed by atoms with Crippen molar-refractivity contribution in [2.45, 2.75) is 49.0 Å². The van der Waals surface area contributed by atoms with Crippen LogP contribution in [0.15, 0.2) is 0 Å². The number of hydrogen-bond donors (Lipinski definition) is 1. The summed E-state index contributed by atoms with van der Waals surface area (Å²) in [6.45, 7) is 3.92. The Morgan fingerprint density at radius 1 is 1.33 bits per heavy atom. The normalized spacial score (nSPS) is 36.3. The van der Waals surface area contributed by atoms with Gasteiger partial charge in [-0.25, -0.2) is 0 Å². The van der Waals surface area contributed by atoms with Crippen molar-refractivity contribution in [2.75, 3.05) is 19.7 Å². The molecule has 0 aromatic rings. The molecule has 0 unspecified atom stereocenters. The number of halogens is 2. The predicted molar refractivity (Wildman–Crippen MR) is 79.3 cm³/mol. The minimum atomic E-state index is -0.925. The summed E-state index contributed by atoms with van der Waals surface area (Å²) in [5.41, 5.74) is -0.664. The van der Waals surface area contributed by atoms with Crippen molar-refractivity contribution in [3.8, 4) is 0 Å². The molecule has 1 amide bonds. The second-order valence-corrected chi connectivity index (χ2v) is 7.95. The van der Waals surface area contributed by atoms with E-state index in [2.05, 4.69) is 10.2 Å². The van der Waals surface area contributed by atoms with E-state index in [1.807, 2.05) is 0 Å². The summed E-state index contributed by atoms with van der Waals surface area (Å²) < 4.78 is 4.08. The lowest BCUT2D eigenvalue weighted by molar-refractivity contribution is -0.142. The Kier molecular flexibility index (Phi) is 3.87. The first-order valence-electron chi connectivity index (χ1n) is 7.43. The summed E-state index contributed by atoms with van der Waals surface area (Å²) in [6.07, 6.45) is 2.95. The van der Waals surface area contributed by atoms with Crippen LogP contribution in [0.25, 0.3) is 0 Å². The summed E-state index contributed by atoms with van der Waals surface area (Å²) in [4.78, 5) is 26.0. The van der Waals surface area contributed by atoms with Gasteiger partial charge < -0.3 is 10.1 Å². The maximum Gasteiger partial charge on any atom is 0.323 e. The molecule has 1 saturated carbocycles. The van der Waals surface area contributed by atoms with E-state index in [1.165, 1.54) is 0 Å². The van der Waals surface area contributed by atoms with Gasteiger partial charge in [0, 0.05) is 25.6 Å². The minimum absolute atomic E-state index is 0.0637. The summed E-state index contributed by atoms with van der Waals surface area (Å²) >= 11 is 12.1. The first-order chi connectivity index (χ1) is 9.83. The lowest BCUT2D eigenvalue weighted by Gasteiger charge is -2.35. The van der Waals surface area contributed by atoms with E-state index in [0.717, 1.165) is 32.4 Å². The van der Waals surface area contributed by atoms with Crippen LogP contribution in [0.1, 0.15) is 32.6 Å². The molecule has 3 rings (SSSR count). The molecular weight excluding hydrogens is 315 g/mol. The molecule has 0 radical (unpaired) electrons. The highest BCUT2D eigenvalue weighted by Crippen LogP contribution is 2.63. The fraction of sp³-hybridized carbons (Fsp3) is 0.857. The minimum Gasteiger partial charge on any atom is -0.464 e. The largest absolute Gasteiger partial charge is 0.464 e. The third kappa shape index (κ3) is 2.76. The van der Waals surface area contributed by atoms with E-state index < -0.39 is 9.75 Å². The molecule has 2 aliphatic heterocycles. The summed E-state index contributed by atoms with van der Waals surface area (Å²) in [6, 6.07) is 0.0358. The number of alkyl halides is 2. The molecule has 3 fully saturated rings. The number of cyclic esters (lactones) is 1. The fourth-order valence-corrected chi connectivity index (χ4v) is 3.87. The standard InChI is InChI=1S/C14H20Cl2N2O3/c1-13(8-14(13,15)16)12(20)17-9-2-5-18(6-3-9)10-4-7-21-11(10)19/h9-10H,2-8H2,1H3,(H,17,20)/t10-,13+/m1/s1. The van der Waals surface area contributed by atoms with E-state index in [0.29, 0.717) is 13.0 Å². The van der Waals surface area contributed by atoms with Gasteiger partial charge in [-0.05, 0) is 26.2 Å². The van der Waals surface area contributed by atoms with Crippen LogP contribution in [0.3, 0.4) is 0 Å². The van der Waals surface area contributed by atoms with Crippen LogP contribution in [0.2, 0.25) is 0 Å². The summed E-state index contributed by atoms with van der Waals surface area (Å²) in [5, 5.41) is 3.05. The smallest absolute Gasteiger partial charge is 0.323 e. The van der Waals surface area contributed by atoms with Gasteiger partial charge in [0.05, 0.1) is 12.0 Å². The van der Waals surface area contributed by atoms with Crippen LogP contribution in [0.4, 0.5) is 0 Å². The highest BCUT2D eigenvalue weighted by molar-refractivity contribution is 6.53. The maximum atomic E-state index is 12.2. The molecule has 1 aliphatic carbocycles. The molecule has 0 aromatic heterocycles. The topological polar surface area (TPSA) is 58.6 Å². The van der Waals surface area contributed by atoms with Gasteiger partial charge in [0.15, 0.2) is 0 Å². The number of piperidine rings is 1. The molecule has 0 bridgehead atoms. The Morgan fingerprint density at radius 2 is 1.95 bits per heavy atom. The number of ether oxygens (including phenoxy) is 1. The van der Waals surface area contributed by atoms with Crippen molar-refractivity contribution in [2.24, 2.45) is 5.41 Å². The molecular formula is C14H20Cl2N2O3. The van der Waals surface area contributed by atoms with Crippen molar-refractivity contribution in [1.29, 1.82) is 0 Å². The number of rotatable bonds is 3. The van der Waals surface area contributed by atoms with Gasteiger partial charge in [0.2, 0.25) is 5.91 Å². The number of nitrogens with one attached hydrogen (secondary N) is 1. The molecule has 2 heterocycles. The van der Waals surface area contributed by atoms with Gasteiger partial charge in [-0.15, -0.1) is 23.2 Å². The Balaban J connectivity index is 1.48. The number of esters is 1. The zero-order valence-corrected chi connectivity index (χ0v) is 13.5. The van der Waals surface area contributed by atoms with Crippen LogP contribution in [0, 0.1) is 5.41 Å². The molecule has 7 heteroatoms. The zero-order valence-electron chi connectivity index (χ0n) is 12.0. The predicted octanol–water partition coefficient (Wildman–Crippen LogP) is 1.47. The molecule has 5 nitrogen and oxygen atoms in total. The molecule has 0 spiro atoms. The van der Waals surface area contributed by atoms with Crippen LogP contribution >= 0.6 is 23.2 Å². The van der Waals surface area contributed by atoms with E-state index in [4.69, 9.17) is 27.9 Å². The molecule has 2 atom stereocenters. The quantitative estimate of drug-likeness (QED) is 0.627. The number of nitrogens with zero attached hydrogens (tertiary/aromatic N) is 1. The Hall–Kier alpha value is -0.520. The van der Waals surface area contributed by atoms with Gasteiger partial charge in [-0.2, -0.15) is 0 Å². The zero-order chi connectivity index (χ0) is 15.3. The van der Waals surface area contributed by atoms with Crippen molar-refractivity contribution in [1.82, 2.24) is 10.2 Å². The van der Waals surface area contributed by atoms with Crippen molar-refractivity contribution >= 4 is 35.1 Å². The molecule has 0 aromatic carbocycles. The number of carbonyl (C=O) groups excluding carboxylic acids is 2.